The standard InChI is InChI=1S/C15H23N3S/c1-4-9-16-15(14-8-10-18(3)17-14)11-13-7-6-12(5-2)19-13/h6-8,10,15-16H,4-5,9,11H2,1-3H3. The Morgan fingerprint density at radius 2 is 2.05 bits per heavy atom. The molecule has 19 heavy (non-hydrogen) atoms. The summed E-state index contributed by atoms with van der Waals surface area (Å²) in [4.78, 5) is 2.90. The van der Waals surface area contributed by atoms with Crippen LogP contribution in [0.3, 0.4) is 0 Å². The number of rotatable bonds is 7. The zero-order valence-corrected chi connectivity index (χ0v) is 12.8. The molecule has 2 rings (SSSR count). The van der Waals surface area contributed by atoms with Crippen molar-refractivity contribution in [1.29, 1.82) is 0 Å². The average Bonchev–Trinajstić information content (AvgIpc) is 3.03. The van der Waals surface area contributed by atoms with Crippen molar-refractivity contribution in [1.82, 2.24) is 15.1 Å². The van der Waals surface area contributed by atoms with E-state index >= 15 is 0 Å². The molecule has 2 heterocycles. The van der Waals surface area contributed by atoms with Crippen LogP contribution in [0, 0.1) is 0 Å². The van der Waals surface area contributed by atoms with E-state index in [4.69, 9.17) is 0 Å². The van der Waals surface area contributed by atoms with Gasteiger partial charge in [-0.15, -0.1) is 11.3 Å². The van der Waals surface area contributed by atoms with Crippen molar-refractivity contribution in [3.8, 4) is 0 Å². The Hall–Kier alpha value is -1.13. The van der Waals surface area contributed by atoms with Gasteiger partial charge < -0.3 is 5.32 Å². The smallest absolute Gasteiger partial charge is 0.0797 e. The molecule has 2 aromatic rings. The van der Waals surface area contributed by atoms with Crippen molar-refractivity contribution < 1.29 is 0 Å². The quantitative estimate of drug-likeness (QED) is 0.841. The van der Waals surface area contributed by atoms with Crippen LogP contribution in [0.15, 0.2) is 24.4 Å². The van der Waals surface area contributed by atoms with E-state index in [1.165, 1.54) is 9.75 Å². The van der Waals surface area contributed by atoms with Crippen molar-refractivity contribution in [2.75, 3.05) is 6.54 Å². The summed E-state index contributed by atoms with van der Waals surface area (Å²) in [5.41, 5.74) is 1.14. The Morgan fingerprint density at radius 1 is 1.26 bits per heavy atom. The lowest BCUT2D eigenvalue weighted by atomic mass is 10.1. The lowest BCUT2D eigenvalue weighted by Gasteiger charge is -2.15. The van der Waals surface area contributed by atoms with Gasteiger partial charge in [0.1, 0.15) is 0 Å². The lowest BCUT2D eigenvalue weighted by Crippen LogP contribution is -2.24. The normalized spacial score (nSPS) is 12.8. The van der Waals surface area contributed by atoms with E-state index < -0.39 is 0 Å². The summed E-state index contributed by atoms with van der Waals surface area (Å²) in [5, 5.41) is 8.15. The van der Waals surface area contributed by atoms with Crippen LogP contribution in [0.5, 0.6) is 0 Å². The highest BCUT2D eigenvalue weighted by atomic mass is 32.1. The number of hydrogen-bond acceptors (Lipinski definition) is 3. The van der Waals surface area contributed by atoms with E-state index in [1.54, 1.807) is 0 Å². The number of aromatic nitrogens is 2. The molecule has 0 aromatic carbocycles. The molecule has 1 atom stereocenters. The van der Waals surface area contributed by atoms with E-state index in [1.807, 2.05) is 29.3 Å². The van der Waals surface area contributed by atoms with Gasteiger partial charge in [0.15, 0.2) is 0 Å². The number of aryl methyl sites for hydroxylation is 2. The predicted octanol–water partition coefficient (Wildman–Crippen LogP) is 3.33. The molecule has 0 aliphatic heterocycles. The predicted molar refractivity (Wildman–Crippen MR) is 81.6 cm³/mol. The topological polar surface area (TPSA) is 29.9 Å². The molecule has 0 spiro atoms. The molecule has 1 N–H and O–H groups in total. The Labute approximate surface area is 119 Å². The molecule has 4 heteroatoms. The van der Waals surface area contributed by atoms with Gasteiger partial charge in [0.05, 0.1) is 11.7 Å². The first kappa shape index (κ1) is 14.3. The van der Waals surface area contributed by atoms with Gasteiger partial charge in [-0.3, -0.25) is 4.68 Å². The second-order valence-corrected chi connectivity index (χ2v) is 6.10. The van der Waals surface area contributed by atoms with Gasteiger partial charge in [-0.1, -0.05) is 13.8 Å². The van der Waals surface area contributed by atoms with E-state index in [9.17, 15) is 0 Å². The fraction of sp³-hybridized carbons (Fsp3) is 0.533. The van der Waals surface area contributed by atoms with Crippen LogP contribution < -0.4 is 5.32 Å². The molecular weight excluding hydrogens is 254 g/mol. The van der Waals surface area contributed by atoms with Gasteiger partial charge in [-0.25, -0.2) is 0 Å². The summed E-state index contributed by atoms with van der Waals surface area (Å²) in [7, 11) is 1.97. The van der Waals surface area contributed by atoms with Crippen molar-refractivity contribution >= 4 is 11.3 Å². The first-order valence-electron chi connectivity index (χ1n) is 7.03. The first-order chi connectivity index (χ1) is 9.22. The summed E-state index contributed by atoms with van der Waals surface area (Å²) >= 11 is 1.92. The zero-order chi connectivity index (χ0) is 13.7. The first-order valence-corrected chi connectivity index (χ1v) is 7.85. The third kappa shape index (κ3) is 3.91. The van der Waals surface area contributed by atoms with E-state index in [0.29, 0.717) is 6.04 Å². The molecule has 2 aromatic heterocycles. The van der Waals surface area contributed by atoms with Crippen LogP contribution in [-0.2, 0) is 19.9 Å². The fourth-order valence-corrected chi connectivity index (χ4v) is 3.15. The number of hydrogen-bond donors (Lipinski definition) is 1. The SMILES string of the molecule is CCCNC(Cc1ccc(CC)s1)c1ccn(C)n1. The highest BCUT2D eigenvalue weighted by molar-refractivity contribution is 7.11. The molecule has 0 aliphatic carbocycles. The van der Waals surface area contributed by atoms with Crippen LogP contribution in [-0.4, -0.2) is 16.3 Å². The minimum atomic E-state index is 0.324. The summed E-state index contributed by atoms with van der Waals surface area (Å²) < 4.78 is 1.88. The summed E-state index contributed by atoms with van der Waals surface area (Å²) in [6, 6.07) is 6.94. The third-order valence-electron chi connectivity index (χ3n) is 3.20. The maximum Gasteiger partial charge on any atom is 0.0797 e. The molecule has 0 radical (unpaired) electrons. The Balaban J connectivity index is 2.09. The number of nitrogens with one attached hydrogen (secondary N) is 1. The molecular formula is C15H23N3S. The second-order valence-electron chi connectivity index (χ2n) is 4.85. The van der Waals surface area contributed by atoms with Crippen LogP contribution >= 0.6 is 11.3 Å². The van der Waals surface area contributed by atoms with Crippen LogP contribution in [0.25, 0.3) is 0 Å². The van der Waals surface area contributed by atoms with Gasteiger partial charge in [-0.2, -0.15) is 5.10 Å². The molecule has 1 unspecified atom stereocenters. The van der Waals surface area contributed by atoms with Gasteiger partial charge in [0.2, 0.25) is 0 Å². The van der Waals surface area contributed by atoms with Crippen LogP contribution in [0.4, 0.5) is 0 Å². The molecule has 0 fully saturated rings. The van der Waals surface area contributed by atoms with Gasteiger partial charge in [0, 0.05) is 29.4 Å². The molecule has 3 nitrogen and oxygen atoms in total. The van der Waals surface area contributed by atoms with E-state index in [-0.39, 0.29) is 0 Å². The zero-order valence-electron chi connectivity index (χ0n) is 12.0. The fourth-order valence-electron chi connectivity index (χ4n) is 2.14. The minimum Gasteiger partial charge on any atom is -0.308 e. The van der Waals surface area contributed by atoms with Crippen molar-refractivity contribution in [2.24, 2.45) is 7.05 Å². The molecule has 0 bridgehead atoms. The van der Waals surface area contributed by atoms with E-state index in [2.05, 4.69) is 42.5 Å². The molecule has 104 valence electrons. The van der Waals surface area contributed by atoms with E-state index in [0.717, 1.165) is 31.5 Å². The molecule has 0 saturated heterocycles. The average molecular weight is 277 g/mol. The Morgan fingerprint density at radius 3 is 2.63 bits per heavy atom. The number of nitrogens with zero attached hydrogens (tertiary/aromatic N) is 2. The Kier molecular flexibility index (Phi) is 5.16. The van der Waals surface area contributed by atoms with Crippen LogP contribution in [0.2, 0.25) is 0 Å². The highest BCUT2D eigenvalue weighted by Crippen LogP contribution is 2.23. The maximum atomic E-state index is 4.55. The summed E-state index contributed by atoms with van der Waals surface area (Å²) in [6.07, 6.45) is 5.32. The van der Waals surface area contributed by atoms with Crippen LogP contribution in [0.1, 0.15) is 41.8 Å². The Bertz CT molecular complexity index is 501. The maximum absolute atomic E-state index is 4.55. The van der Waals surface area contributed by atoms with Gasteiger partial charge in [-0.05, 0) is 37.6 Å². The molecule has 0 amide bonds. The van der Waals surface area contributed by atoms with Gasteiger partial charge in [0.25, 0.3) is 0 Å². The molecule has 0 saturated carbocycles. The van der Waals surface area contributed by atoms with Gasteiger partial charge >= 0.3 is 0 Å². The monoisotopic (exact) mass is 277 g/mol. The number of thiophene rings is 1. The lowest BCUT2D eigenvalue weighted by molar-refractivity contribution is 0.513. The highest BCUT2D eigenvalue weighted by Gasteiger charge is 2.15. The summed E-state index contributed by atoms with van der Waals surface area (Å²) in [6.45, 7) is 5.44. The molecule has 0 aliphatic rings. The minimum absolute atomic E-state index is 0.324. The second kappa shape index (κ2) is 6.87. The summed E-state index contributed by atoms with van der Waals surface area (Å²) in [5.74, 6) is 0. The largest absolute Gasteiger partial charge is 0.308 e. The van der Waals surface area contributed by atoms with Crippen molar-refractivity contribution in [3.63, 3.8) is 0 Å². The van der Waals surface area contributed by atoms with Crippen molar-refractivity contribution in [3.05, 3.63) is 39.8 Å². The van der Waals surface area contributed by atoms with Crippen molar-refractivity contribution in [2.45, 2.75) is 39.2 Å². The third-order valence-corrected chi connectivity index (χ3v) is 4.45.